The minimum absolute atomic E-state index is 0.466. The molecular formula is C13H19ClN4. The van der Waals surface area contributed by atoms with E-state index < -0.39 is 0 Å². The number of hydrogen-bond acceptors (Lipinski definition) is 4. The smallest absolute Gasteiger partial charge is 0.151 e. The Morgan fingerprint density at radius 1 is 1.22 bits per heavy atom. The predicted molar refractivity (Wildman–Crippen MR) is 73.0 cm³/mol. The Kier molecular flexibility index (Phi) is 3.39. The molecule has 0 spiro atoms. The molecule has 0 aliphatic carbocycles. The number of rotatable bonds is 1. The largest absolute Gasteiger partial charge is 0.351 e. The second-order valence-corrected chi connectivity index (χ2v) is 5.82. The van der Waals surface area contributed by atoms with Crippen LogP contribution in [0.1, 0.15) is 19.3 Å². The molecule has 5 heteroatoms. The third-order valence-electron chi connectivity index (χ3n) is 4.21. The number of nitrogens with zero attached hydrogens (tertiary/aromatic N) is 4. The Morgan fingerprint density at radius 2 is 2.11 bits per heavy atom. The number of fused-ring (bicyclic) bond motifs is 1. The third-order valence-corrected chi connectivity index (χ3v) is 4.41. The molecule has 0 saturated carbocycles. The lowest BCUT2D eigenvalue weighted by Gasteiger charge is -2.47. The van der Waals surface area contributed by atoms with E-state index in [4.69, 9.17) is 11.6 Å². The van der Waals surface area contributed by atoms with E-state index in [0.29, 0.717) is 11.2 Å². The molecule has 2 saturated heterocycles. The molecule has 2 unspecified atom stereocenters. The van der Waals surface area contributed by atoms with Gasteiger partial charge in [0.15, 0.2) is 11.0 Å². The van der Waals surface area contributed by atoms with Gasteiger partial charge in [-0.25, -0.2) is 0 Å². The maximum absolute atomic E-state index is 5.81. The molecule has 2 aliphatic rings. The van der Waals surface area contributed by atoms with Crippen LogP contribution in [0.4, 0.5) is 5.82 Å². The fourth-order valence-electron chi connectivity index (χ4n) is 3.26. The van der Waals surface area contributed by atoms with E-state index >= 15 is 0 Å². The molecule has 2 atom stereocenters. The van der Waals surface area contributed by atoms with E-state index in [2.05, 4.69) is 27.0 Å². The van der Waals surface area contributed by atoms with Gasteiger partial charge in [-0.15, -0.1) is 10.2 Å². The van der Waals surface area contributed by atoms with Crippen LogP contribution in [0.5, 0.6) is 0 Å². The Bertz CT molecular complexity index is 408. The molecule has 2 fully saturated rings. The molecule has 3 heterocycles. The highest BCUT2D eigenvalue weighted by Gasteiger charge is 2.35. The van der Waals surface area contributed by atoms with E-state index in [1.54, 1.807) is 0 Å². The first kappa shape index (κ1) is 12.2. The van der Waals surface area contributed by atoms with Gasteiger partial charge in [0.1, 0.15) is 0 Å². The second-order valence-electron chi connectivity index (χ2n) is 5.43. The SMILES string of the molecule is CN1CCC2CCCN(c3ccc(Cl)nn3)C2C1. The van der Waals surface area contributed by atoms with Gasteiger partial charge in [0.2, 0.25) is 0 Å². The molecule has 98 valence electrons. The number of aromatic nitrogens is 2. The van der Waals surface area contributed by atoms with Gasteiger partial charge in [-0.1, -0.05) is 11.6 Å². The number of hydrogen-bond donors (Lipinski definition) is 0. The molecule has 1 aromatic heterocycles. The van der Waals surface area contributed by atoms with Crippen molar-refractivity contribution < 1.29 is 0 Å². The molecule has 18 heavy (non-hydrogen) atoms. The zero-order chi connectivity index (χ0) is 12.5. The Morgan fingerprint density at radius 3 is 2.89 bits per heavy atom. The highest BCUT2D eigenvalue weighted by molar-refractivity contribution is 6.29. The molecule has 0 amide bonds. The van der Waals surface area contributed by atoms with Crippen molar-refractivity contribution in [3.8, 4) is 0 Å². The maximum Gasteiger partial charge on any atom is 0.151 e. The number of halogens is 1. The quantitative estimate of drug-likeness (QED) is 0.779. The summed E-state index contributed by atoms with van der Waals surface area (Å²) in [5.41, 5.74) is 0. The highest BCUT2D eigenvalue weighted by atomic mass is 35.5. The van der Waals surface area contributed by atoms with Gasteiger partial charge in [0, 0.05) is 19.1 Å². The van der Waals surface area contributed by atoms with E-state index in [0.717, 1.165) is 24.8 Å². The van der Waals surface area contributed by atoms with Gasteiger partial charge in [0.05, 0.1) is 0 Å². The second kappa shape index (κ2) is 5.02. The van der Waals surface area contributed by atoms with Gasteiger partial charge >= 0.3 is 0 Å². The van der Waals surface area contributed by atoms with Gasteiger partial charge in [-0.2, -0.15) is 0 Å². The van der Waals surface area contributed by atoms with Crippen LogP contribution in [0.3, 0.4) is 0 Å². The van der Waals surface area contributed by atoms with Crippen molar-refractivity contribution >= 4 is 17.4 Å². The molecule has 0 bridgehead atoms. The maximum atomic E-state index is 5.81. The topological polar surface area (TPSA) is 32.3 Å². The summed E-state index contributed by atoms with van der Waals surface area (Å²) < 4.78 is 0. The predicted octanol–water partition coefficient (Wildman–Crippen LogP) is 2.05. The zero-order valence-electron chi connectivity index (χ0n) is 10.7. The Hall–Kier alpha value is -0.870. The lowest BCUT2D eigenvalue weighted by Crippen LogP contribution is -2.55. The molecule has 0 radical (unpaired) electrons. The van der Waals surface area contributed by atoms with E-state index in [1.807, 2.05) is 12.1 Å². The lowest BCUT2D eigenvalue weighted by molar-refractivity contribution is 0.158. The molecule has 0 aromatic carbocycles. The summed E-state index contributed by atoms with van der Waals surface area (Å²) in [6, 6.07) is 4.42. The standard InChI is InChI=1S/C13H19ClN4/c1-17-8-6-10-3-2-7-18(11(10)9-17)13-5-4-12(14)15-16-13/h4-5,10-11H,2-3,6-9H2,1H3. The van der Waals surface area contributed by atoms with Crippen LogP contribution >= 0.6 is 11.6 Å². The van der Waals surface area contributed by atoms with Gasteiger partial charge in [0.25, 0.3) is 0 Å². The van der Waals surface area contributed by atoms with Crippen LogP contribution in [-0.2, 0) is 0 Å². The van der Waals surface area contributed by atoms with Crippen molar-refractivity contribution in [2.24, 2.45) is 5.92 Å². The van der Waals surface area contributed by atoms with Crippen LogP contribution in [0.25, 0.3) is 0 Å². The highest BCUT2D eigenvalue weighted by Crippen LogP contribution is 2.32. The molecular weight excluding hydrogens is 248 g/mol. The average Bonchev–Trinajstić information content (AvgIpc) is 2.39. The van der Waals surface area contributed by atoms with Crippen LogP contribution in [0, 0.1) is 5.92 Å². The summed E-state index contributed by atoms with van der Waals surface area (Å²) in [6.45, 7) is 3.45. The lowest BCUT2D eigenvalue weighted by atomic mass is 9.83. The zero-order valence-corrected chi connectivity index (χ0v) is 11.5. The van der Waals surface area contributed by atoms with Crippen LogP contribution in [0.15, 0.2) is 12.1 Å². The average molecular weight is 267 g/mol. The summed E-state index contributed by atoms with van der Waals surface area (Å²) in [5, 5.41) is 8.68. The van der Waals surface area contributed by atoms with Crippen molar-refractivity contribution in [1.82, 2.24) is 15.1 Å². The van der Waals surface area contributed by atoms with Crippen molar-refractivity contribution in [2.75, 3.05) is 31.6 Å². The number of likely N-dealkylation sites (tertiary alicyclic amines) is 1. The molecule has 1 aromatic rings. The molecule has 4 nitrogen and oxygen atoms in total. The van der Waals surface area contributed by atoms with E-state index in [-0.39, 0.29) is 0 Å². The summed E-state index contributed by atoms with van der Waals surface area (Å²) in [4.78, 5) is 4.84. The summed E-state index contributed by atoms with van der Waals surface area (Å²) in [6.07, 6.45) is 3.92. The van der Waals surface area contributed by atoms with Gasteiger partial charge < -0.3 is 9.80 Å². The number of likely N-dealkylation sites (N-methyl/N-ethyl adjacent to an activating group) is 1. The first-order chi connectivity index (χ1) is 8.74. The monoisotopic (exact) mass is 266 g/mol. The summed E-state index contributed by atoms with van der Waals surface area (Å²) in [7, 11) is 2.20. The number of anilines is 1. The Labute approximate surface area is 113 Å². The van der Waals surface area contributed by atoms with Crippen LogP contribution < -0.4 is 4.90 Å². The summed E-state index contributed by atoms with van der Waals surface area (Å²) in [5.74, 6) is 1.79. The van der Waals surface area contributed by atoms with Crippen molar-refractivity contribution in [2.45, 2.75) is 25.3 Å². The van der Waals surface area contributed by atoms with E-state index in [9.17, 15) is 0 Å². The Balaban J connectivity index is 1.83. The van der Waals surface area contributed by atoms with E-state index in [1.165, 1.54) is 25.8 Å². The fraction of sp³-hybridized carbons (Fsp3) is 0.692. The fourth-order valence-corrected chi connectivity index (χ4v) is 3.37. The minimum Gasteiger partial charge on any atom is -0.351 e. The van der Waals surface area contributed by atoms with Crippen molar-refractivity contribution in [3.05, 3.63) is 17.3 Å². The molecule has 0 N–H and O–H groups in total. The molecule has 3 rings (SSSR count). The summed E-state index contributed by atoms with van der Waals surface area (Å²) >= 11 is 5.81. The van der Waals surface area contributed by atoms with Crippen LogP contribution in [0.2, 0.25) is 5.15 Å². The van der Waals surface area contributed by atoms with Crippen LogP contribution in [-0.4, -0.2) is 47.8 Å². The molecule has 2 aliphatic heterocycles. The van der Waals surface area contributed by atoms with Gasteiger partial charge in [-0.05, 0) is 50.9 Å². The van der Waals surface area contributed by atoms with Crippen molar-refractivity contribution in [1.29, 1.82) is 0 Å². The van der Waals surface area contributed by atoms with Crippen molar-refractivity contribution in [3.63, 3.8) is 0 Å². The first-order valence-corrected chi connectivity index (χ1v) is 7.06. The minimum atomic E-state index is 0.466. The first-order valence-electron chi connectivity index (χ1n) is 6.68. The number of piperidine rings is 2. The third kappa shape index (κ3) is 2.31. The normalized spacial score (nSPS) is 29.1. The van der Waals surface area contributed by atoms with Gasteiger partial charge in [-0.3, -0.25) is 0 Å².